The van der Waals surface area contributed by atoms with Gasteiger partial charge in [0.25, 0.3) is 17.7 Å². The van der Waals surface area contributed by atoms with Crippen LogP contribution in [0.2, 0.25) is 0 Å². The number of hydrogen-bond acceptors (Lipinski definition) is 6. The standard InChI is InChI=1S/C21H23N7O4/c1-11-8-22-20(30)15-7-12-3-4-14(24-17(12)28(11)15)19(29)26-16-9-27(2)18(25-16)21(31)23-13-5-6-32-10-13/h3-4,7,9,11,13H,5-6,8,10H2,1-2H3,(H,22,30)(H,23,31)(H,26,29)/t11-,13-/m1/s1. The van der Waals surface area contributed by atoms with E-state index in [-0.39, 0.29) is 41.2 Å². The van der Waals surface area contributed by atoms with E-state index in [0.29, 0.717) is 31.1 Å². The highest BCUT2D eigenvalue weighted by Gasteiger charge is 2.26. The Kier molecular flexibility index (Phi) is 4.89. The molecule has 3 amide bonds. The van der Waals surface area contributed by atoms with Gasteiger partial charge < -0.3 is 29.8 Å². The zero-order chi connectivity index (χ0) is 22.4. The number of amides is 3. The summed E-state index contributed by atoms with van der Waals surface area (Å²) in [6.07, 6.45) is 2.33. The first-order valence-electron chi connectivity index (χ1n) is 10.4. The molecule has 1 fully saturated rings. The van der Waals surface area contributed by atoms with Crippen LogP contribution in [0.1, 0.15) is 51.0 Å². The van der Waals surface area contributed by atoms with Gasteiger partial charge >= 0.3 is 0 Å². The summed E-state index contributed by atoms with van der Waals surface area (Å²) in [6.45, 7) is 3.59. The van der Waals surface area contributed by atoms with Gasteiger partial charge in [0.2, 0.25) is 5.82 Å². The second kappa shape index (κ2) is 7.75. The van der Waals surface area contributed by atoms with Gasteiger partial charge in [-0.05, 0) is 31.5 Å². The van der Waals surface area contributed by atoms with Gasteiger partial charge in [-0.2, -0.15) is 0 Å². The maximum atomic E-state index is 12.8. The second-order valence-corrected chi connectivity index (χ2v) is 8.12. The van der Waals surface area contributed by atoms with Crippen LogP contribution in [-0.2, 0) is 11.8 Å². The molecule has 0 saturated carbocycles. The van der Waals surface area contributed by atoms with Crippen molar-refractivity contribution in [2.24, 2.45) is 7.05 Å². The van der Waals surface area contributed by atoms with Crippen LogP contribution >= 0.6 is 0 Å². The zero-order valence-electron chi connectivity index (χ0n) is 17.7. The van der Waals surface area contributed by atoms with Crippen LogP contribution in [0, 0.1) is 0 Å². The van der Waals surface area contributed by atoms with Crippen LogP contribution in [0.25, 0.3) is 11.0 Å². The number of carbonyl (C=O) groups is 3. The predicted octanol–water partition coefficient (Wildman–Crippen LogP) is 0.845. The number of aromatic nitrogens is 4. The lowest BCUT2D eigenvalue weighted by atomic mass is 10.2. The molecule has 5 heterocycles. The number of aryl methyl sites for hydroxylation is 1. The van der Waals surface area contributed by atoms with E-state index in [1.165, 1.54) is 0 Å². The molecule has 2 atom stereocenters. The summed E-state index contributed by atoms with van der Waals surface area (Å²) in [6, 6.07) is 5.12. The van der Waals surface area contributed by atoms with Crippen LogP contribution in [0.15, 0.2) is 24.4 Å². The number of ether oxygens (including phenoxy) is 1. The molecule has 0 unspecified atom stereocenters. The average Bonchev–Trinajstić information content (AvgIpc) is 3.49. The van der Waals surface area contributed by atoms with Crippen LogP contribution in [0.4, 0.5) is 5.82 Å². The molecule has 0 bridgehead atoms. The molecule has 2 aliphatic rings. The quantitative estimate of drug-likeness (QED) is 0.554. The Hall–Kier alpha value is -3.73. The third kappa shape index (κ3) is 3.50. The molecule has 11 nitrogen and oxygen atoms in total. The van der Waals surface area contributed by atoms with Gasteiger partial charge in [-0.3, -0.25) is 14.4 Å². The molecule has 3 aromatic heterocycles. The summed E-state index contributed by atoms with van der Waals surface area (Å²) in [5.41, 5.74) is 1.29. The average molecular weight is 437 g/mol. The van der Waals surface area contributed by atoms with E-state index in [2.05, 4.69) is 25.9 Å². The van der Waals surface area contributed by atoms with Crippen molar-refractivity contribution in [2.45, 2.75) is 25.4 Å². The van der Waals surface area contributed by atoms with Gasteiger partial charge in [-0.1, -0.05) is 0 Å². The smallest absolute Gasteiger partial charge is 0.287 e. The minimum Gasteiger partial charge on any atom is -0.379 e. The topological polar surface area (TPSA) is 132 Å². The molecule has 5 rings (SSSR count). The van der Waals surface area contributed by atoms with Gasteiger partial charge in [0.1, 0.15) is 17.0 Å². The van der Waals surface area contributed by atoms with Crippen molar-refractivity contribution in [1.82, 2.24) is 29.7 Å². The Morgan fingerprint density at radius 3 is 2.88 bits per heavy atom. The molecule has 11 heteroatoms. The monoisotopic (exact) mass is 437 g/mol. The number of imidazole rings is 1. The molecule has 0 aromatic carbocycles. The summed E-state index contributed by atoms with van der Waals surface area (Å²) in [5, 5.41) is 9.21. The van der Waals surface area contributed by atoms with E-state index < -0.39 is 5.91 Å². The van der Waals surface area contributed by atoms with E-state index in [1.807, 2.05) is 11.5 Å². The molecule has 1 saturated heterocycles. The van der Waals surface area contributed by atoms with Crippen LogP contribution in [0.5, 0.6) is 0 Å². The first kappa shape index (κ1) is 20.2. The van der Waals surface area contributed by atoms with Gasteiger partial charge in [0, 0.05) is 31.8 Å². The summed E-state index contributed by atoms with van der Waals surface area (Å²) in [5.74, 6) is -0.497. The second-order valence-electron chi connectivity index (χ2n) is 8.12. The lowest BCUT2D eigenvalue weighted by Crippen LogP contribution is -2.37. The van der Waals surface area contributed by atoms with Crippen LogP contribution in [-0.4, -0.2) is 62.6 Å². The first-order chi connectivity index (χ1) is 15.4. The summed E-state index contributed by atoms with van der Waals surface area (Å²) >= 11 is 0. The molecule has 3 aromatic rings. The van der Waals surface area contributed by atoms with Crippen LogP contribution < -0.4 is 16.0 Å². The van der Waals surface area contributed by atoms with Gasteiger partial charge in [-0.25, -0.2) is 9.97 Å². The number of pyridine rings is 1. The maximum Gasteiger partial charge on any atom is 0.287 e. The van der Waals surface area contributed by atoms with Crippen molar-refractivity contribution in [3.05, 3.63) is 41.6 Å². The number of hydrogen-bond donors (Lipinski definition) is 3. The molecule has 3 N–H and O–H groups in total. The van der Waals surface area contributed by atoms with Crippen LogP contribution in [0.3, 0.4) is 0 Å². The van der Waals surface area contributed by atoms with E-state index in [9.17, 15) is 14.4 Å². The molecule has 0 aliphatic carbocycles. The summed E-state index contributed by atoms with van der Waals surface area (Å²) < 4.78 is 8.68. The lowest BCUT2D eigenvalue weighted by molar-refractivity contribution is 0.0909. The third-order valence-electron chi connectivity index (χ3n) is 5.74. The van der Waals surface area contributed by atoms with Gasteiger partial charge in [0.05, 0.1) is 18.7 Å². The van der Waals surface area contributed by atoms with Crippen molar-refractivity contribution >= 4 is 34.6 Å². The largest absolute Gasteiger partial charge is 0.379 e. The highest BCUT2D eigenvalue weighted by molar-refractivity contribution is 6.05. The highest BCUT2D eigenvalue weighted by Crippen LogP contribution is 2.25. The number of nitrogens with one attached hydrogen (secondary N) is 3. The minimum absolute atomic E-state index is 0.0214. The van der Waals surface area contributed by atoms with Gasteiger partial charge in [-0.15, -0.1) is 0 Å². The Morgan fingerprint density at radius 2 is 2.09 bits per heavy atom. The fraction of sp³-hybridized carbons (Fsp3) is 0.381. The molecule has 0 spiro atoms. The summed E-state index contributed by atoms with van der Waals surface area (Å²) in [4.78, 5) is 46.3. The molecule has 32 heavy (non-hydrogen) atoms. The number of rotatable bonds is 4. The number of carbonyl (C=O) groups excluding carboxylic acids is 3. The predicted molar refractivity (Wildman–Crippen MR) is 115 cm³/mol. The van der Waals surface area contributed by atoms with Crippen molar-refractivity contribution in [3.8, 4) is 0 Å². The van der Waals surface area contributed by atoms with Gasteiger partial charge in [0.15, 0.2) is 5.82 Å². The molecule has 2 aliphatic heterocycles. The van der Waals surface area contributed by atoms with E-state index in [1.54, 1.807) is 36.0 Å². The fourth-order valence-electron chi connectivity index (χ4n) is 4.08. The fourth-order valence-corrected chi connectivity index (χ4v) is 4.08. The lowest BCUT2D eigenvalue weighted by Gasteiger charge is -2.23. The van der Waals surface area contributed by atoms with Crippen molar-refractivity contribution in [1.29, 1.82) is 0 Å². The molecule has 0 radical (unpaired) electrons. The maximum absolute atomic E-state index is 12.8. The van der Waals surface area contributed by atoms with Crippen molar-refractivity contribution in [3.63, 3.8) is 0 Å². The molecular weight excluding hydrogens is 414 g/mol. The summed E-state index contributed by atoms with van der Waals surface area (Å²) in [7, 11) is 1.69. The Morgan fingerprint density at radius 1 is 1.25 bits per heavy atom. The number of fused-ring (bicyclic) bond motifs is 3. The first-order valence-corrected chi connectivity index (χ1v) is 10.4. The van der Waals surface area contributed by atoms with E-state index in [0.717, 1.165) is 11.8 Å². The van der Waals surface area contributed by atoms with Crippen molar-refractivity contribution < 1.29 is 19.1 Å². The van der Waals surface area contributed by atoms with Crippen molar-refractivity contribution in [2.75, 3.05) is 25.1 Å². The Labute approximate surface area is 183 Å². The third-order valence-corrected chi connectivity index (χ3v) is 5.74. The SMILES string of the molecule is C[C@@H]1CNC(=O)c2cc3ccc(C(=O)Nc4cn(C)c(C(=O)N[C@@H]5CCOC5)n4)nc3n21. The zero-order valence-corrected chi connectivity index (χ0v) is 17.7. The normalized spacial score (nSPS) is 20.1. The molecular formula is C21H23N7O4. The van der Waals surface area contributed by atoms with E-state index >= 15 is 0 Å². The minimum atomic E-state index is -0.454. The number of anilines is 1. The Bertz CT molecular complexity index is 1240. The highest BCUT2D eigenvalue weighted by atomic mass is 16.5. The Balaban J connectivity index is 1.36. The van der Waals surface area contributed by atoms with E-state index in [4.69, 9.17) is 4.74 Å². The number of nitrogens with zero attached hydrogens (tertiary/aromatic N) is 4. The molecule has 166 valence electrons.